The number of hydrogen-bond acceptors (Lipinski definition) is 4. The number of carbonyl (C=O) groups is 1. The lowest BCUT2D eigenvalue weighted by Gasteiger charge is -2.35. The van der Waals surface area contributed by atoms with Gasteiger partial charge in [-0.15, -0.1) is 0 Å². The maximum absolute atomic E-state index is 11.1. The van der Waals surface area contributed by atoms with Gasteiger partial charge in [0.25, 0.3) is 0 Å². The molecule has 1 aliphatic heterocycles. The number of amides is 1. The van der Waals surface area contributed by atoms with E-state index in [4.69, 9.17) is 0 Å². The van der Waals surface area contributed by atoms with Gasteiger partial charge < -0.3 is 15.2 Å². The Morgan fingerprint density at radius 2 is 2.17 bits per heavy atom. The molecule has 1 amide bonds. The summed E-state index contributed by atoms with van der Waals surface area (Å²) >= 11 is 0. The van der Waals surface area contributed by atoms with Crippen LogP contribution in [0.2, 0.25) is 0 Å². The van der Waals surface area contributed by atoms with E-state index in [0.29, 0.717) is 0 Å². The largest absolute Gasteiger partial charge is 0.453 e. The van der Waals surface area contributed by atoms with Crippen molar-refractivity contribution < 1.29 is 14.6 Å². The van der Waals surface area contributed by atoms with Crippen LogP contribution >= 0.6 is 0 Å². The molecule has 2 aliphatic rings. The molecule has 1 unspecified atom stereocenters. The number of alkyl carbamates (subject to hydrolysis) is 1. The standard InChI is InChI=1S/C13H24N2O3/c1-18-12(16)14-11-5-8-15(9-11)10-13(17)6-3-2-4-7-13/h11,17H,2-10H2,1H3,(H,14,16). The third-order valence-electron chi connectivity index (χ3n) is 4.08. The first-order chi connectivity index (χ1) is 8.61. The van der Waals surface area contributed by atoms with Crippen LogP contribution in [0.3, 0.4) is 0 Å². The first-order valence-corrected chi connectivity index (χ1v) is 6.90. The van der Waals surface area contributed by atoms with Crippen LogP contribution in [0, 0.1) is 0 Å². The van der Waals surface area contributed by atoms with Crippen molar-refractivity contribution in [1.82, 2.24) is 10.2 Å². The second-order valence-corrected chi connectivity index (χ2v) is 5.64. The van der Waals surface area contributed by atoms with E-state index in [0.717, 1.165) is 51.7 Å². The van der Waals surface area contributed by atoms with E-state index >= 15 is 0 Å². The molecule has 1 heterocycles. The first kappa shape index (κ1) is 13.6. The average Bonchev–Trinajstić information content (AvgIpc) is 2.76. The average molecular weight is 256 g/mol. The Kier molecular flexibility index (Phi) is 4.45. The fraction of sp³-hybridized carbons (Fsp3) is 0.923. The Balaban J connectivity index is 1.76. The summed E-state index contributed by atoms with van der Waals surface area (Å²) < 4.78 is 4.60. The number of likely N-dealkylation sites (tertiary alicyclic amines) is 1. The minimum absolute atomic E-state index is 0.157. The molecular formula is C13H24N2O3. The van der Waals surface area contributed by atoms with Gasteiger partial charge >= 0.3 is 6.09 Å². The van der Waals surface area contributed by atoms with E-state index in [1.807, 2.05) is 0 Å². The van der Waals surface area contributed by atoms with E-state index in [-0.39, 0.29) is 12.1 Å². The number of carbonyl (C=O) groups excluding carboxylic acids is 1. The Hall–Kier alpha value is -0.810. The zero-order valence-corrected chi connectivity index (χ0v) is 11.2. The molecule has 5 heteroatoms. The van der Waals surface area contributed by atoms with Gasteiger partial charge in [-0.05, 0) is 19.3 Å². The highest BCUT2D eigenvalue weighted by molar-refractivity contribution is 5.67. The third-order valence-corrected chi connectivity index (χ3v) is 4.08. The number of hydrogen-bond donors (Lipinski definition) is 2. The van der Waals surface area contributed by atoms with Gasteiger partial charge in [-0.25, -0.2) is 4.79 Å². The smallest absolute Gasteiger partial charge is 0.407 e. The van der Waals surface area contributed by atoms with E-state index in [1.165, 1.54) is 13.5 Å². The highest BCUT2D eigenvalue weighted by Gasteiger charge is 2.34. The molecule has 18 heavy (non-hydrogen) atoms. The summed E-state index contributed by atoms with van der Waals surface area (Å²) in [4.78, 5) is 13.4. The summed E-state index contributed by atoms with van der Waals surface area (Å²) in [6.07, 6.45) is 5.91. The van der Waals surface area contributed by atoms with E-state index in [2.05, 4.69) is 15.0 Å². The van der Waals surface area contributed by atoms with Crippen LogP contribution < -0.4 is 5.32 Å². The molecule has 1 atom stereocenters. The molecule has 1 saturated carbocycles. The Labute approximate surface area is 108 Å². The maximum atomic E-state index is 11.1. The number of ether oxygens (including phenoxy) is 1. The van der Waals surface area contributed by atoms with Gasteiger partial charge in [-0.1, -0.05) is 19.3 Å². The fourth-order valence-corrected chi connectivity index (χ4v) is 3.10. The summed E-state index contributed by atoms with van der Waals surface area (Å²) in [5.41, 5.74) is -0.502. The molecule has 2 rings (SSSR count). The predicted molar refractivity (Wildman–Crippen MR) is 68.4 cm³/mol. The number of aliphatic hydroxyl groups is 1. The molecule has 0 bridgehead atoms. The summed E-state index contributed by atoms with van der Waals surface area (Å²) in [5.74, 6) is 0. The Bertz CT molecular complexity index is 290. The molecule has 1 aliphatic carbocycles. The molecule has 0 aromatic carbocycles. The van der Waals surface area contributed by atoms with Crippen molar-refractivity contribution in [3.63, 3.8) is 0 Å². The van der Waals surface area contributed by atoms with Crippen LogP contribution in [0.1, 0.15) is 38.5 Å². The van der Waals surface area contributed by atoms with Gasteiger partial charge in [-0.2, -0.15) is 0 Å². The van der Waals surface area contributed by atoms with Gasteiger partial charge in [0.15, 0.2) is 0 Å². The molecular weight excluding hydrogens is 232 g/mol. The Morgan fingerprint density at radius 1 is 1.44 bits per heavy atom. The van der Waals surface area contributed by atoms with Crippen LogP contribution in [-0.2, 0) is 4.74 Å². The molecule has 0 aromatic rings. The second kappa shape index (κ2) is 5.89. The van der Waals surface area contributed by atoms with Crippen LogP contribution in [0.25, 0.3) is 0 Å². The Morgan fingerprint density at radius 3 is 2.83 bits per heavy atom. The number of β-amino-alcohol motifs (C(OH)–C–C–N with tert-alkyl or cyclic N) is 1. The van der Waals surface area contributed by atoms with Crippen LogP contribution in [0.4, 0.5) is 4.79 Å². The van der Waals surface area contributed by atoms with Crippen LogP contribution in [0.15, 0.2) is 0 Å². The molecule has 5 nitrogen and oxygen atoms in total. The van der Waals surface area contributed by atoms with Gasteiger partial charge in [0.05, 0.1) is 12.7 Å². The zero-order chi connectivity index (χ0) is 13.0. The van der Waals surface area contributed by atoms with Gasteiger partial charge in [0, 0.05) is 25.7 Å². The minimum atomic E-state index is -0.502. The lowest BCUT2D eigenvalue weighted by molar-refractivity contribution is -0.0217. The van der Waals surface area contributed by atoms with Gasteiger partial charge in [0.2, 0.25) is 0 Å². The van der Waals surface area contributed by atoms with Crippen molar-refractivity contribution in [2.45, 2.75) is 50.2 Å². The molecule has 0 aromatic heterocycles. The normalized spacial score (nSPS) is 28.0. The minimum Gasteiger partial charge on any atom is -0.453 e. The monoisotopic (exact) mass is 256 g/mol. The molecule has 2 N–H and O–H groups in total. The summed E-state index contributed by atoms with van der Waals surface area (Å²) in [5, 5.41) is 13.3. The van der Waals surface area contributed by atoms with Crippen molar-refractivity contribution >= 4 is 6.09 Å². The highest BCUT2D eigenvalue weighted by Crippen LogP contribution is 2.29. The van der Waals surface area contributed by atoms with Gasteiger partial charge in [0.1, 0.15) is 0 Å². The van der Waals surface area contributed by atoms with E-state index in [1.54, 1.807) is 0 Å². The number of nitrogens with zero attached hydrogens (tertiary/aromatic N) is 1. The summed E-state index contributed by atoms with van der Waals surface area (Å²) in [7, 11) is 1.38. The maximum Gasteiger partial charge on any atom is 0.407 e. The number of nitrogens with one attached hydrogen (secondary N) is 1. The van der Waals surface area contributed by atoms with Crippen LogP contribution in [-0.4, -0.2) is 54.5 Å². The SMILES string of the molecule is COC(=O)NC1CCN(CC2(O)CCCCC2)C1. The summed E-state index contributed by atoms with van der Waals surface area (Å²) in [6.45, 7) is 2.50. The van der Waals surface area contributed by atoms with E-state index in [9.17, 15) is 9.90 Å². The number of methoxy groups -OCH3 is 1. The third kappa shape index (κ3) is 3.59. The van der Waals surface area contributed by atoms with Crippen molar-refractivity contribution in [2.75, 3.05) is 26.7 Å². The lowest BCUT2D eigenvalue weighted by atomic mass is 9.84. The van der Waals surface area contributed by atoms with Gasteiger partial charge in [-0.3, -0.25) is 4.90 Å². The fourth-order valence-electron chi connectivity index (χ4n) is 3.10. The number of rotatable bonds is 3. The van der Waals surface area contributed by atoms with Crippen LogP contribution in [0.5, 0.6) is 0 Å². The topological polar surface area (TPSA) is 61.8 Å². The summed E-state index contributed by atoms with van der Waals surface area (Å²) in [6, 6.07) is 0.157. The molecule has 2 fully saturated rings. The van der Waals surface area contributed by atoms with Crippen molar-refractivity contribution in [3.05, 3.63) is 0 Å². The first-order valence-electron chi connectivity index (χ1n) is 6.90. The van der Waals surface area contributed by atoms with E-state index < -0.39 is 5.60 Å². The lowest BCUT2D eigenvalue weighted by Crippen LogP contribution is -2.45. The quantitative estimate of drug-likeness (QED) is 0.794. The molecule has 0 spiro atoms. The van der Waals surface area contributed by atoms with Crippen molar-refractivity contribution in [1.29, 1.82) is 0 Å². The molecule has 104 valence electrons. The molecule has 1 saturated heterocycles. The van der Waals surface area contributed by atoms with Crippen molar-refractivity contribution in [3.8, 4) is 0 Å². The highest BCUT2D eigenvalue weighted by atomic mass is 16.5. The predicted octanol–water partition coefficient (Wildman–Crippen LogP) is 1.11. The molecule has 0 radical (unpaired) electrons. The van der Waals surface area contributed by atoms with Crippen molar-refractivity contribution in [2.24, 2.45) is 0 Å². The second-order valence-electron chi connectivity index (χ2n) is 5.64. The zero-order valence-electron chi connectivity index (χ0n) is 11.2.